The molecule has 0 aliphatic heterocycles. The Morgan fingerprint density at radius 1 is 1.09 bits per heavy atom. The third-order valence-electron chi connectivity index (χ3n) is 2.88. The minimum absolute atomic E-state index is 0.181. The summed E-state index contributed by atoms with van der Waals surface area (Å²) in [7, 11) is 2.88. The number of hydrogen-bond donors (Lipinski definition) is 1. The van der Waals surface area contributed by atoms with E-state index in [9.17, 15) is 13.6 Å². The summed E-state index contributed by atoms with van der Waals surface area (Å²) >= 11 is 3.28. The average Bonchev–Trinajstić information content (AvgIpc) is 2.51. The summed E-state index contributed by atoms with van der Waals surface area (Å²) in [6, 6.07) is 5.73. The highest BCUT2D eigenvalue weighted by Crippen LogP contribution is 2.35. The second-order valence-corrected chi connectivity index (χ2v) is 5.07. The smallest absolute Gasteiger partial charge is 0.256 e. The molecule has 1 N–H and O–H groups in total. The number of carbonyl (C=O) groups is 1. The number of methoxy groups -OCH3 is 2. The molecule has 4 nitrogen and oxygen atoms in total. The van der Waals surface area contributed by atoms with E-state index in [0.717, 1.165) is 18.2 Å². The van der Waals surface area contributed by atoms with Gasteiger partial charge in [0.2, 0.25) is 0 Å². The van der Waals surface area contributed by atoms with Gasteiger partial charge in [-0.3, -0.25) is 4.79 Å². The Kier molecular flexibility index (Phi) is 4.97. The van der Waals surface area contributed by atoms with Crippen LogP contribution in [0.1, 0.15) is 10.4 Å². The molecule has 116 valence electrons. The lowest BCUT2D eigenvalue weighted by molar-refractivity contribution is 0.102. The van der Waals surface area contributed by atoms with Crippen LogP contribution in [-0.4, -0.2) is 20.1 Å². The van der Waals surface area contributed by atoms with Gasteiger partial charge in [-0.25, -0.2) is 8.78 Å². The third-order valence-corrected chi connectivity index (χ3v) is 3.67. The van der Waals surface area contributed by atoms with Crippen LogP contribution in [0.25, 0.3) is 0 Å². The number of amides is 1. The molecule has 7 heteroatoms. The zero-order chi connectivity index (χ0) is 16.3. The molecule has 22 heavy (non-hydrogen) atoms. The van der Waals surface area contributed by atoms with Crippen LogP contribution in [0.2, 0.25) is 0 Å². The molecular weight excluding hydrogens is 360 g/mol. The van der Waals surface area contributed by atoms with E-state index in [2.05, 4.69) is 21.2 Å². The average molecular weight is 372 g/mol. The Morgan fingerprint density at radius 3 is 2.23 bits per heavy atom. The Hall–Kier alpha value is -2.15. The predicted octanol–water partition coefficient (Wildman–Crippen LogP) is 4.00. The summed E-state index contributed by atoms with van der Waals surface area (Å²) in [6.45, 7) is 0. The van der Waals surface area contributed by atoms with Gasteiger partial charge < -0.3 is 14.8 Å². The lowest BCUT2D eigenvalue weighted by Crippen LogP contribution is -2.13. The number of nitrogens with one attached hydrogen (secondary N) is 1. The molecule has 0 spiro atoms. The standard InChI is InChI=1S/C15H12BrF2NO3/c1-21-12-5-8(6-13(22-2)14(12)16)15(20)19-11-7-9(17)3-4-10(11)18/h3-7H,1-2H3,(H,19,20). The normalized spacial score (nSPS) is 10.2. The highest BCUT2D eigenvalue weighted by Gasteiger charge is 2.16. The van der Waals surface area contributed by atoms with Gasteiger partial charge in [-0.2, -0.15) is 0 Å². The van der Waals surface area contributed by atoms with Crippen LogP contribution in [0.3, 0.4) is 0 Å². The maximum Gasteiger partial charge on any atom is 0.256 e. The molecule has 0 unspecified atom stereocenters. The van der Waals surface area contributed by atoms with Crippen molar-refractivity contribution in [1.29, 1.82) is 0 Å². The van der Waals surface area contributed by atoms with Gasteiger partial charge in [0.05, 0.1) is 19.9 Å². The molecule has 1 amide bonds. The third kappa shape index (κ3) is 3.36. The molecular formula is C15H12BrF2NO3. The largest absolute Gasteiger partial charge is 0.495 e. The van der Waals surface area contributed by atoms with Crippen LogP contribution in [0, 0.1) is 11.6 Å². The van der Waals surface area contributed by atoms with Crippen LogP contribution in [0.15, 0.2) is 34.8 Å². The number of rotatable bonds is 4. The Labute approximate surface area is 134 Å². The second-order valence-electron chi connectivity index (χ2n) is 4.27. The fraction of sp³-hybridized carbons (Fsp3) is 0.133. The van der Waals surface area contributed by atoms with Crippen molar-refractivity contribution >= 4 is 27.5 Å². The zero-order valence-corrected chi connectivity index (χ0v) is 13.3. The minimum atomic E-state index is -0.731. The summed E-state index contributed by atoms with van der Waals surface area (Å²) in [4.78, 5) is 12.2. The van der Waals surface area contributed by atoms with Gasteiger partial charge in [0.25, 0.3) is 5.91 Å². The summed E-state index contributed by atoms with van der Waals surface area (Å²) in [5, 5.41) is 2.31. The van der Waals surface area contributed by atoms with Crippen molar-refractivity contribution in [1.82, 2.24) is 0 Å². The quantitative estimate of drug-likeness (QED) is 0.883. The van der Waals surface area contributed by atoms with Crippen molar-refractivity contribution in [3.8, 4) is 11.5 Å². The van der Waals surface area contributed by atoms with Crippen LogP contribution >= 0.6 is 15.9 Å². The van der Waals surface area contributed by atoms with Gasteiger partial charge in [-0.15, -0.1) is 0 Å². The van der Waals surface area contributed by atoms with Crippen molar-refractivity contribution in [3.63, 3.8) is 0 Å². The van der Waals surface area contributed by atoms with Crippen LogP contribution in [0.5, 0.6) is 11.5 Å². The van der Waals surface area contributed by atoms with Crippen molar-refractivity contribution in [3.05, 3.63) is 52.0 Å². The Morgan fingerprint density at radius 2 is 1.68 bits per heavy atom. The molecule has 0 saturated heterocycles. The van der Waals surface area contributed by atoms with E-state index in [1.807, 2.05) is 0 Å². The molecule has 0 heterocycles. The molecule has 2 aromatic carbocycles. The van der Waals surface area contributed by atoms with Gasteiger partial charge >= 0.3 is 0 Å². The molecule has 0 bridgehead atoms. The highest BCUT2D eigenvalue weighted by atomic mass is 79.9. The fourth-order valence-electron chi connectivity index (χ4n) is 1.79. The lowest BCUT2D eigenvalue weighted by Gasteiger charge is -2.12. The van der Waals surface area contributed by atoms with E-state index < -0.39 is 17.5 Å². The second kappa shape index (κ2) is 6.74. The van der Waals surface area contributed by atoms with Crippen molar-refractivity contribution in [2.75, 3.05) is 19.5 Å². The van der Waals surface area contributed by atoms with E-state index in [-0.39, 0.29) is 11.3 Å². The van der Waals surface area contributed by atoms with E-state index in [4.69, 9.17) is 9.47 Å². The number of benzene rings is 2. The summed E-state index contributed by atoms with van der Waals surface area (Å²) in [6.07, 6.45) is 0. The van der Waals surface area contributed by atoms with Crippen LogP contribution < -0.4 is 14.8 Å². The van der Waals surface area contributed by atoms with Crippen molar-refractivity contribution in [2.45, 2.75) is 0 Å². The van der Waals surface area contributed by atoms with Crippen LogP contribution in [-0.2, 0) is 0 Å². The molecule has 0 aliphatic rings. The molecule has 0 atom stereocenters. The topological polar surface area (TPSA) is 47.6 Å². The first kappa shape index (κ1) is 16.2. The zero-order valence-electron chi connectivity index (χ0n) is 11.7. The van der Waals surface area contributed by atoms with Gasteiger partial charge in [-0.05, 0) is 40.2 Å². The molecule has 0 fully saturated rings. The van der Waals surface area contributed by atoms with E-state index in [1.54, 1.807) is 0 Å². The summed E-state index contributed by atoms with van der Waals surface area (Å²) in [5.41, 5.74) is -0.0635. The number of anilines is 1. The van der Waals surface area contributed by atoms with Gasteiger partial charge in [0.15, 0.2) is 0 Å². The number of hydrogen-bond acceptors (Lipinski definition) is 3. The number of halogens is 3. The molecule has 0 saturated carbocycles. The maximum atomic E-state index is 13.6. The minimum Gasteiger partial charge on any atom is -0.495 e. The molecule has 0 aliphatic carbocycles. The van der Waals surface area contributed by atoms with Crippen LogP contribution in [0.4, 0.5) is 14.5 Å². The SMILES string of the molecule is COc1cc(C(=O)Nc2cc(F)ccc2F)cc(OC)c1Br. The summed E-state index contributed by atoms with van der Waals surface area (Å²) in [5.74, 6) is -1.24. The lowest BCUT2D eigenvalue weighted by atomic mass is 10.1. The van der Waals surface area contributed by atoms with Crippen molar-refractivity contribution in [2.24, 2.45) is 0 Å². The van der Waals surface area contributed by atoms with E-state index in [0.29, 0.717) is 16.0 Å². The summed E-state index contributed by atoms with van der Waals surface area (Å²) < 4.78 is 37.5. The first-order valence-electron chi connectivity index (χ1n) is 6.14. The first-order valence-corrected chi connectivity index (χ1v) is 6.93. The Bertz CT molecular complexity index is 697. The number of carbonyl (C=O) groups excluding carboxylic acids is 1. The van der Waals surface area contributed by atoms with Gasteiger partial charge in [0, 0.05) is 11.6 Å². The van der Waals surface area contributed by atoms with E-state index in [1.165, 1.54) is 26.4 Å². The first-order chi connectivity index (χ1) is 10.5. The van der Waals surface area contributed by atoms with Crippen molar-refractivity contribution < 1.29 is 23.0 Å². The van der Waals surface area contributed by atoms with Gasteiger partial charge in [0.1, 0.15) is 27.6 Å². The predicted molar refractivity (Wildman–Crippen MR) is 81.6 cm³/mol. The Balaban J connectivity index is 2.35. The maximum absolute atomic E-state index is 13.6. The monoisotopic (exact) mass is 371 g/mol. The molecule has 0 radical (unpaired) electrons. The fourth-order valence-corrected chi connectivity index (χ4v) is 2.34. The van der Waals surface area contributed by atoms with Gasteiger partial charge in [-0.1, -0.05) is 0 Å². The molecule has 2 rings (SSSR count). The molecule has 0 aromatic heterocycles. The molecule has 2 aromatic rings. The number of ether oxygens (including phenoxy) is 2. The van der Waals surface area contributed by atoms with E-state index >= 15 is 0 Å². The highest BCUT2D eigenvalue weighted by molar-refractivity contribution is 9.10.